The van der Waals surface area contributed by atoms with Crippen LogP contribution >= 0.6 is 0 Å². The van der Waals surface area contributed by atoms with E-state index >= 15 is 0 Å². The van der Waals surface area contributed by atoms with Gasteiger partial charge in [0, 0.05) is 25.1 Å². The number of amides is 1. The van der Waals surface area contributed by atoms with Gasteiger partial charge in [-0.25, -0.2) is 9.37 Å². The van der Waals surface area contributed by atoms with E-state index in [0.29, 0.717) is 35.1 Å². The quantitative estimate of drug-likeness (QED) is 0.737. The molecule has 6 nitrogen and oxygen atoms in total. The van der Waals surface area contributed by atoms with E-state index in [2.05, 4.69) is 10.3 Å². The molecule has 0 saturated heterocycles. The molecule has 3 aromatic rings. The maximum atomic E-state index is 13.7. The van der Waals surface area contributed by atoms with Crippen molar-refractivity contribution in [1.29, 1.82) is 0 Å². The lowest BCUT2D eigenvalue weighted by Gasteiger charge is -2.09. The van der Waals surface area contributed by atoms with Crippen molar-refractivity contribution in [2.45, 2.75) is 32.2 Å². The third-order valence-corrected chi connectivity index (χ3v) is 4.96. The van der Waals surface area contributed by atoms with Crippen LogP contribution in [0.4, 0.5) is 10.1 Å². The molecule has 7 heteroatoms. The third kappa shape index (κ3) is 3.47. The summed E-state index contributed by atoms with van der Waals surface area (Å²) in [6, 6.07) is 9.82. The molecule has 144 valence electrons. The number of hydrogen-bond donors (Lipinski definition) is 1. The Bertz CT molecular complexity index is 1120. The lowest BCUT2D eigenvalue weighted by Crippen LogP contribution is -2.21. The maximum Gasteiger partial charge on any atom is 0.261 e. The van der Waals surface area contributed by atoms with Crippen LogP contribution in [-0.4, -0.2) is 22.6 Å². The molecule has 1 N–H and O–H groups in total. The summed E-state index contributed by atoms with van der Waals surface area (Å²) in [5, 5.41) is 3.30. The second-order valence-corrected chi connectivity index (χ2v) is 6.84. The van der Waals surface area contributed by atoms with Gasteiger partial charge < -0.3 is 10.1 Å². The second-order valence-electron chi connectivity index (χ2n) is 6.84. The van der Waals surface area contributed by atoms with E-state index in [1.807, 2.05) is 0 Å². The highest BCUT2D eigenvalue weighted by Gasteiger charge is 2.16. The van der Waals surface area contributed by atoms with Gasteiger partial charge in [0.25, 0.3) is 5.56 Å². The fourth-order valence-corrected chi connectivity index (χ4v) is 3.51. The summed E-state index contributed by atoms with van der Waals surface area (Å²) in [4.78, 5) is 29.4. The van der Waals surface area contributed by atoms with Crippen LogP contribution in [0.3, 0.4) is 0 Å². The molecule has 1 amide bonds. The zero-order valence-corrected chi connectivity index (χ0v) is 15.5. The first-order valence-corrected chi connectivity index (χ1v) is 9.21. The normalized spacial score (nSPS) is 12.8. The first kappa shape index (κ1) is 18.2. The Kier molecular flexibility index (Phi) is 4.81. The lowest BCUT2D eigenvalue weighted by molar-refractivity contribution is -0.116. The molecule has 0 atom stereocenters. The highest BCUT2D eigenvalue weighted by atomic mass is 19.1. The minimum atomic E-state index is -0.449. The van der Waals surface area contributed by atoms with Crippen molar-refractivity contribution >= 4 is 22.5 Å². The van der Waals surface area contributed by atoms with Gasteiger partial charge in [-0.2, -0.15) is 0 Å². The van der Waals surface area contributed by atoms with E-state index in [1.54, 1.807) is 34.9 Å². The molecule has 1 aromatic heterocycles. The molecule has 0 spiro atoms. The van der Waals surface area contributed by atoms with E-state index in [4.69, 9.17) is 4.74 Å². The Hall–Kier alpha value is -3.22. The first-order valence-electron chi connectivity index (χ1n) is 9.21. The van der Waals surface area contributed by atoms with E-state index in [0.717, 1.165) is 18.7 Å². The number of fused-ring (bicyclic) bond motifs is 2. The second kappa shape index (κ2) is 7.42. The average molecular weight is 381 g/mol. The van der Waals surface area contributed by atoms with Crippen LogP contribution < -0.4 is 15.6 Å². The molecule has 4 rings (SSSR count). The highest BCUT2D eigenvalue weighted by molar-refractivity contribution is 5.93. The van der Waals surface area contributed by atoms with E-state index in [-0.39, 0.29) is 23.6 Å². The fraction of sp³-hybridized carbons (Fsp3) is 0.286. The zero-order valence-electron chi connectivity index (χ0n) is 15.5. The smallest absolute Gasteiger partial charge is 0.261 e. The van der Waals surface area contributed by atoms with Crippen molar-refractivity contribution < 1.29 is 13.9 Å². The van der Waals surface area contributed by atoms with Gasteiger partial charge in [0.15, 0.2) is 11.6 Å². The molecule has 1 aliphatic rings. The van der Waals surface area contributed by atoms with Crippen LogP contribution in [0.1, 0.15) is 24.2 Å². The molecule has 0 saturated carbocycles. The Morgan fingerprint density at radius 1 is 1.29 bits per heavy atom. The predicted molar refractivity (Wildman–Crippen MR) is 104 cm³/mol. The van der Waals surface area contributed by atoms with Crippen LogP contribution in [0.25, 0.3) is 10.9 Å². The van der Waals surface area contributed by atoms with Crippen LogP contribution in [-0.2, 0) is 24.2 Å². The molecule has 0 unspecified atom stereocenters. The Balaban J connectivity index is 1.46. The Morgan fingerprint density at radius 2 is 2.14 bits per heavy atom. The van der Waals surface area contributed by atoms with Gasteiger partial charge in [0.1, 0.15) is 5.82 Å². The van der Waals surface area contributed by atoms with Crippen molar-refractivity contribution in [2.75, 3.05) is 12.4 Å². The number of halogens is 1. The summed E-state index contributed by atoms with van der Waals surface area (Å²) in [7, 11) is 1.41. The largest absolute Gasteiger partial charge is 0.494 e. The molecule has 0 bridgehead atoms. The van der Waals surface area contributed by atoms with E-state index in [1.165, 1.54) is 13.2 Å². The van der Waals surface area contributed by atoms with E-state index < -0.39 is 5.82 Å². The first-order chi connectivity index (χ1) is 13.5. The summed E-state index contributed by atoms with van der Waals surface area (Å²) in [6.07, 6.45) is 2.34. The summed E-state index contributed by atoms with van der Waals surface area (Å²) in [6.45, 7) is 0.687. The number of benzene rings is 2. The van der Waals surface area contributed by atoms with Crippen LogP contribution in [0.15, 0.2) is 41.2 Å². The number of carbonyl (C=O) groups is 1. The Morgan fingerprint density at radius 3 is 2.93 bits per heavy atom. The van der Waals surface area contributed by atoms with Crippen LogP contribution in [0, 0.1) is 5.82 Å². The van der Waals surface area contributed by atoms with E-state index in [9.17, 15) is 14.0 Å². The molecule has 0 fully saturated rings. The van der Waals surface area contributed by atoms with Gasteiger partial charge in [0.2, 0.25) is 5.91 Å². The number of ether oxygens (including phenoxy) is 1. The summed E-state index contributed by atoms with van der Waals surface area (Å²) >= 11 is 0. The van der Waals surface area contributed by atoms with Gasteiger partial charge in [-0.05, 0) is 48.7 Å². The topological polar surface area (TPSA) is 73.2 Å². The van der Waals surface area contributed by atoms with Gasteiger partial charge in [-0.1, -0.05) is 6.07 Å². The van der Waals surface area contributed by atoms with Crippen molar-refractivity contribution in [3.63, 3.8) is 0 Å². The zero-order chi connectivity index (χ0) is 19.7. The number of anilines is 1. The van der Waals surface area contributed by atoms with Gasteiger partial charge in [-0.3, -0.25) is 14.2 Å². The van der Waals surface area contributed by atoms with Gasteiger partial charge in [0.05, 0.1) is 18.0 Å². The molecule has 28 heavy (non-hydrogen) atoms. The molecule has 0 aliphatic carbocycles. The fourth-order valence-electron chi connectivity index (χ4n) is 3.51. The van der Waals surface area contributed by atoms with Crippen molar-refractivity contribution in [1.82, 2.24) is 9.55 Å². The molecule has 0 radical (unpaired) electrons. The number of rotatable bonds is 5. The average Bonchev–Trinajstić information content (AvgIpc) is 3.16. The number of aryl methyl sites for hydroxylation is 2. The lowest BCUT2D eigenvalue weighted by atomic mass is 10.1. The molecule has 2 aromatic carbocycles. The van der Waals surface area contributed by atoms with Gasteiger partial charge in [-0.15, -0.1) is 0 Å². The molecule has 1 aliphatic heterocycles. The van der Waals surface area contributed by atoms with Gasteiger partial charge >= 0.3 is 0 Å². The number of nitrogens with one attached hydrogen (secondary N) is 1. The van der Waals surface area contributed by atoms with Crippen LogP contribution in [0.5, 0.6) is 5.75 Å². The molecular formula is C21H20FN3O3. The number of carbonyl (C=O) groups excluding carboxylic acids is 1. The predicted octanol–water partition coefficient (Wildman–Crippen LogP) is 3.06. The maximum absolute atomic E-state index is 13.7. The van der Waals surface area contributed by atoms with Crippen molar-refractivity contribution in [3.8, 4) is 5.75 Å². The number of aromatic nitrogens is 2. The SMILES string of the molecule is COc1ccc(CCC(=O)Nc2ccc3nc4n(c(=O)c3c2)CCC4)cc1F. The third-order valence-electron chi connectivity index (χ3n) is 4.96. The Labute approximate surface area is 161 Å². The minimum absolute atomic E-state index is 0.0673. The summed E-state index contributed by atoms with van der Waals surface area (Å²) in [5.74, 6) is 0.344. The van der Waals surface area contributed by atoms with Crippen molar-refractivity contribution in [2.24, 2.45) is 0 Å². The number of methoxy groups -OCH3 is 1. The number of hydrogen-bond acceptors (Lipinski definition) is 4. The number of nitrogens with zero attached hydrogens (tertiary/aromatic N) is 2. The summed E-state index contributed by atoms with van der Waals surface area (Å²) < 4.78 is 20.3. The monoisotopic (exact) mass is 381 g/mol. The standard InChI is InChI=1S/C21H20FN3O3/c1-28-18-8-4-13(11-16(18)22)5-9-20(26)23-14-6-7-17-15(12-14)21(27)25-10-2-3-19(25)24-17/h4,6-8,11-12H,2-3,5,9-10H2,1H3,(H,23,26). The highest BCUT2D eigenvalue weighted by Crippen LogP contribution is 2.20. The molecular weight excluding hydrogens is 361 g/mol. The van der Waals surface area contributed by atoms with Crippen molar-refractivity contribution in [3.05, 3.63) is 64.0 Å². The minimum Gasteiger partial charge on any atom is -0.494 e. The molecule has 2 heterocycles. The summed E-state index contributed by atoms with van der Waals surface area (Å²) in [5.41, 5.74) is 1.84. The van der Waals surface area contributed by atoms with Crippen LogP contribution in [0.2, 0.25) is 0 Å².